The molecule has 0 aliphatic carbocycles. The van der Waals surface area contributed by atoms with Gasteiger partial charge in [-0.1, -0.05) is 12.1 Å². The Morgan fingerprint density at radius 2 is 2.00 bits per heavy atom. The van der Waals surface area contributed by atoms with Crippen LogP contribution in [0.2, 0.25) is 0 Å². The number of pyridine rings is 1. The number of carbonyl (C=O) groups is 2. The smallest absolute Gasteiger partial charge is 0.253 e. The quantitative estimate of drug-likeness (QED) is 0.926. The van der Waals surface area contributed by atoms with Gasteiger partial charge >= 0.3 is 0 Å². The topological polar surface area (TPSA) is 62.3 Å². The fraction of sp³-hybridized carbons (Fsp3) is 0.316. The van der Waals surface area contributed by atoms with Gasteiger partial charge in [-0.05, 0) is 41.7 Å². The van der Waals surface area contributed by atoms with Crippen LogP contribution in [0.1, 0.15) is 34.0 Å². The molecule has 5 nitrogen and oxygen atoms in total. The summed E-state index contributed by atoms with van der Waals surface area (Å²) in [6, 6.07) is 6.25. The number of carbonyl (C=O) groups excluding carboxylic acids is 2. The molecule has 0 spiro atoms. The van der Waals surface area contributed by atoms with E-state index in [1.165, 1.54) is 12.1 Å². The van der Waals surface area contributed by atoms with Gasteiger partial charge in [0.15, 0.2) is 0 Å². The number of amides is 2. The first-order valence-corrected chi connectivity index (χ1v) is 8.28. The molecule has 3 rings (SSSR count). The zero-order valence-electron chi connectivity index (χ0n) is 14.1. The highest BCUT2D eigenvalue weighted by Gasteiger charge is 2.23. The predicted molar refractivity (Wildman–Crippen MR) is 91.5 cm³/mol. The van der Waals surface area contributed by atoms with Crippen molar-refractivity contribution in [3.05, 3.63) is 64.7 Å². The Morgan fingerprint density at radius 1 is 1.24 bits per heavy atom. The molecule has 130 valence electrons. The summed E-state index contributed by atoms with van der Waals surface area (Å²) in [6.45, 7) is 3.12. The third-order valence-corrected chi connectivity index (χ3v) is 4.44. The van der Waals surface area contributed by atoms with Crippen LogP contribution in [0.15, 0.2) is 36.7 Å². The Labute approximate surface area is 145 Å². The minimum atomic E-state index is -0.269. The molecule has 6 heteroatoms. The van der Waals surface area contributed by atoms with Gasteiger partial charge in [-0.2, -0.15) is 0 Å². The number of rotatable bonds is 4. The maximum Gasteiger partial charge on any atom is 0.253 e. The lowest BCUT2D eigenvalue weighted by molar-refractivity contribution is -0.129. The van der Waals surface area contributed by atoms with Crippen molar-refractivity contribution in [2.45, 2.75) is 26.3 Å². The number of halogens is 1. The Morgan fingerprint density at radius 3 is 2.72 bits per heavy atom. The molecule has 0 bridgehead atoms. The van der Waals surface area contributed by atoms with Crippen molar-refractivity contribution in [1.29, 1.82) is 0 Å². The van der Waals surface area contributed by atoms with Gasteiger partial charge in [-0.25, -0.2) is 4.39 Å². The lowest BCUT2D eigenvalue weighted by Gasteiger charge is -2.28. The van der Waals surface area contributed by atoms with E-state index < -0.39 is 0 Å². The fourth-order valence-electron chi connectivity index (χ4n) is 3.02. The molecule has 1 aliphatic rings. The Hall–Kier alpha value is -2.76. The molecular weight excluding hydrogens is 321 g/mol. The summed E-state index contributed by atoms with van der Waals surface area (Å²) in [4.78, 5) is 29.9. The van der Waals surface area contributed by atoms with Crippen molar-refractivity contribution in [3.8, 4) is 0 Å². The Bertz CT molecular complexity index is 790. The van der Waals surface area contributed by atoms with Crippen molar-refractivity contribution in [2.75, 3.05) is 13.1 Å². The van der Waals surface area contributed by atoms with E-state index in [2.05, 4.69) is 10.3 Å². The summed E-state index contributed by atoms with van der Waals surface area (Å²) < 4.78 is 12.9. The minimum Gasteiger partial charge on any atom is -0.352 e. The SMILES string of the molecule is CC(=O)N1CCc2c(cncc2C(=O)NCCc2ccc(F)cc2)C1. The molecule has 2 heterocycles. The number of hydrogen-bond donors (Lipinski definition) is 1. The van der Waals surface area contributed by atoms with Crippen LogP contribution in [0.4, 0.5) is 4.39 Å². The molecular formula is C19H20FN3O2. The molecule has 0 saturated heterocycles. The van der Waals surface area contributed by atoms with E-state index in [1.54, 1.807) is 36.4 Å². The average molecular weight is 341 g/mol. The third kappa shape index (κ3) is 4.02. The molecule has 25 heavy (non-hydrogen) atoms. The minimum absolute atomic E-state index is 0.0276. The van der Waals surface area contributed by atoms with E-state index in [0.717, 1.165) is 16.7 Å². The maximum absolute atomic E-state index is 12.9. The van der Waals surface area contributed by atoms with Gasteiger partial charge in [0.25, 0.3) is 5.91 Å². The fourth-order valence-corrected chi connectivity index (χ4v) is 3.02. The first kappa shape index (κ1) is 17.1. The van der Waals surface area contributed by atoms with Crippen LogP contribution < -0.4 is 5.32 Å². The number of aromatic nitrogens is 1. The second kappa shape index (κ2) is 7.42. The van der Waals surface area contributed by atoms with Crippen molar-refractivity contribution in [1.82, 2.24) is 15.2 Å². The van der Waals surface area contributed by atoms with Crippen LogP contribution in [-0.4, -0.2) is 34.8 Å². The Balaban J connectivity index is 1.64. The molecule has 0 atom stereocenters. The molecule has 2 aromatic rings. The van der Waals surface area contributed by atoms with Crippen LogP contribution in [0.5, 0.6) is 0 Å². The van der Waals surface area contributed by atoms with Crippen LogP contribution in [0.3, 0.4) is 0 Å². The molecule has 0 radical (unpaired) electrons. The monoisotopic (exact) mass is 341 g/mol. The van der Waals surface area contributed by atoms with Crippen LogP contribution in [-0.2, 0) is 24.2 Å². The largest absolute Gasteiger partial charge is 0.352 e. The summed E-state index contributed by atoms with van der Waals surface area (Å²) in [5.41, 5.74) is 3.42. The van der Waals surface area contributed by atoms with Crippen LogP contribution in [0, 0.1) is 5.82 Å². The van der Waals surface area contributed by atoms with Gasteiger partial charge < -0.3 is 10.2 Å². The molecule has 0 saturated carbocycles. The number of fused-ring (bicyclic) bond motifs is 1. The second-order valence-electron chi connectivity index (χ2n) is 6.15. The average Bonchev–Trinajstić information content (AvgIpc) is 2.62. The zero-order chi connectivity index (χ0) is 17.8. The molecule has 1 aromatic heterocycles. The first-order valence-electron chi connectivity index (χ1n) is 8.28. The van der Waals surface area contributed by atoms with Gasteiger partial charge in [0.2, 0.25) is 5.91 Å². The molecule has 1 aliphatic heterocycles. The molecule has 1 aromatic carbocycles. The number of nitrogens with zero attached hydrogens (tertiary/aromatic N) is 2. The molecule has 1 N–H and O–H groups in total. The molecule has 2 amide bonds. The normalized spacial score (nSPS) is 13.3. The van der Waals surface area contributed by atoms with Gasteiger partial charge in [0, 0.05) is 39.0 Å². The Kier molecular flexibility index (Phi) is 5.07. The van der Waals surface area contributed by atoms with Gasteiger partial charge in [0.1, 0.15) is 5.82 Å². The zero-order valence-corrected chi connectivity index (χ0v) is 14.1. The van der Waals surface area contributed by atoms with Gasteiger partial charge in [0.05, 0.1) is 5.56 Å². The van der Waals surface area contributed by atoms with E-state index in [1.807, 2.05) is 0 Å². The summed E-state index contributed by atoms with van der Waals surface area (Å²) in [7, 11) is 0. The van der Waals surface area contributed by atoms with Gasteiger partial charge in [-0.15, -0.1) is 0 Å². The highest BCUT2D eigenvalue weighted by atomic mass is 19.1. The lowest BCUT2D eigenvalue weighted by Crippen LogP contribution is -2.36. The van der Waals surface area contributed by atoms with Crippen LogP contribution >= 0.6 is 0 Å². The second-order valence-corrected chi connectivity index (χ2v) is 6.15. The molecule has 0 fully saturated rings. The number of benzene rings is 1. The van der Waals surface area contributed by atoms with E-state index >= 15 is 0 Å². The third-order valence-electron chi connectivity index (χ3n) is 4.44. The van der Waals surface area contributed by atoms with Crippen molar-refractivity contribution in [2.24, 2.45) is 0 Å². The van der Waals surface area contributed by atoms with Crippen LogP contribution in [0.25, 0.3) is 0 Å². The number of hydrogen-bond acceptors (Lipinski definition) is 3. The van der Waals surface area contributed by atoms with Crippen molar-refractivity contribution < 1.29 is 14.0 Å². The molecule has 0 unspecified atom stereocenters. The first-order chi connectivity index (χ1) is 12.0. The summed E-state index contributed by atoms with van der Waals surface area (Å²) >= 11 is 0. The number of nitrogens with one attached hydrogen (secondary N) is 1. The highest BCUT2D eigenvalue weighted by molar-refractivity contribution is 5.95. The van der Waals surface area contributed by atoms with Crippen molar-refractivity contribution in [3.63, 3.8) is 0 Å². The lowest BCUT2D eigenvalue weighted by atomic mass is 9.96. The summed E-state index contributed by atoms with van der Waals surface area (Å²) in [5.74, 6) is -0.406. The highest BCUT2D eigenvalue weighted by Crippen LogP contribution is 2.21. The van der Waals surface area contributed by atoms with E-state index in [-0.39, 0.29) is 17.6 Å². The predicted octanol–water partition coefficient (Wildman–Crippen LogP) is 2.10. The summed E-state index contributed by atoms with van der Waals surface area (Å²) in [5, 5.41) is 2.89. The van der Waals surface area contributed by atoms with E-state index in [9.17, 15) is 14.0 Å². The van der Waals surface area contributed by atoms with Crippen molar-refractivity contribution >= 4 is 11.8 Å². The summed E-state index contributed by atoms with van der Waals surface area (Å²) in [6.07, 6.45) is 4.58. The van der Waals surface area contributed by atoms with E-state index in [4.69, 9.17) is 0 Å². The van der Waals surface area contributed by atoms with Gasteiger partial charge in [-0.3, -0.25) is 14.6 Å². The van der Waals surface area contributed by atoms with E-state index in [0.29, 0.717) is 38.0 Å². The maximum atomic E-state index is 12.9. The standard InChI is InChI=1S/C19H20FN3O2/c1-13(24)23-9-7-17-15(12-23)10-21-11-18(17)19(25)22-8-6-14-2-4-16(20)5-3-14/h2-5,10-11H,6-9,12H2,1H3,(H,22,25).